The van der Waals surface area contributed by atoms with Gasteiger partial charge in [0.15, 0.2) is 17.3 Å². The van der Waals surface area contributed by atoms with Crippen LogP contribution < -0.4 is 14.8 Å². The molecule has 0 radical (unpaired) electrons. The fourth-order valence-corrected chi connectivity index (χ4v) is 5.51. The predicted molar refractivity (Wildman–Crippen MR) is 130 cm³/mol. The van der Waals surface area contributed by atoms with Crippen molar-refractivity contribution in [3.63, 3.8) is 0 Å². The zero-order chi connectivity index (χ0) is 25.8. The number of allylic oxidation sites excluding steroid dienone is 3. The lowest BCUT2D eigenvalue weighted by Crippen LogP contribution is -2.38. The monoisotopic (exact) mass is 489 g/mol. The third kappa shape index (κ3) is 3.39. The highest BCUT2D eigenvalue weighted by Crippen LogP contribution is 2.56. The fourth-order valence-electron chi connectivity index (χ4n) is 5.51. The van der Waals surface area contributed by atoms with E-state index in [0.717, 1.165) is 31.2 Å². The van der Waals surface area contributed by atoms with Crippen LogP contribution in [0, 0.1) is 0 Å². The number of ketones is 2. The van der Waals surface area contributed by atoms with Gasteiger partial charge in [-0.05, 0) is 56.2 Å². The van der Waals surface area contributed by atoms with E-state index in [9.17, 15) is 24.6 Å². The van der Waals surface area contributed by atoms with Gasteiger partial charge in [-0.1, -0.05) is 18.2 Å². The number of rotatable bonds is 5. The molecule has 0 aromatic heterocycles. The van der Waals surface area contributed by atoms with Crippen LogP contribution in [0.4, 0.5) is 0 Å². The van der Waals surface area contributed by atoms with E-state index in [-0.39, 0.29) is 46.3 Å². The average molecular weight is 490 g/mol. The summed E-state index contributed by atoms with van der Waals surface area (Å²) in [5, 5.41) is 24.1. The summed E-state index contributed by atoms with van der Waals surface area (Å²) in [6, 6.07) is 7.36. The largest absolute Gasteiger partial charge is 0.507 e. The molecule has 0 unspecified atom stereocenters. The van der Waals surface area contributed by atoms with E-state index in [1.807, 2.05) is 12.1 Å². The number of Topliss-reactive ketones (excluding diaryl/α,β-unsaturated/α-hetero) is 2. The molecule has 36 heavy (non-hydrogen) atoms. The number of phenols is 1. The van der Waals surface area contributed by atoms with Crippen LogP contribution in [0.25, 0.3) is 0 Å². The lowest BCUT2D eigenvalue weighted by atomic mass is 9.71. The van der Waals surface area contributed by atoms with E-state index in [0.29, 0.717) is 0 Å². The Morgan fingerprint density at radius 2 is 1.94 bits per heavy atom. The number of methoxy groups -OCH3 is 1. The Balaban J connectivity index is 1.55. The topological polar surface area (TPSA) is 122 Å². The Hall–Kier alpha value is -4.07. The van der Waals surface area contributed by atoms with Crippen LogP contribution in [0.2, 0.25) is 0 Å². The summed E-state index contributed by atoms with van der Waals surface area (Å²) in [6.07, 6.45) is 5.43. The van der Waals surface area contributed by atoms with Gasteiger partial charge in [-0.25, -0.2) is 0 Å². The molecule has 2 aromatic carbocycles. The molecule has 0 saturated heterocycles. The van der Waals surface area contributed by atoms with Gasteiger partial charge in [-0.2, -0.15) is 0 Å². The second-order valence-electron chi connectivity index (χ2n) is 9.50. The summed E-state index contributed by atoms with van der Waals surface area (Å²) in [5.41, 5.74) is 1.69. The summed E-state index contributed by atoms with van der Waals surface area (Å²) in [5.74, 6) is -2.63. The second-order valence-corrected chi connectivity index (χ2v) is 9.50. The summed E-state index contributed by atoms with van der Waals surface area (Å²) in [7, 11) is 1.36. The van der Waals surface area contributed by atoms with E-state index >= 15 is 0 Å². The van der Waals surface area contributed by atoms with Crippen molar-refractivity contribution in [3.8, 4) is 17.2 Å². The third-order valence-corrected chi connectivity index (χ3v) is 7.37. The van der Waals surface area contributed by atoms with E-state index < -0.39 is 28.6 Å². The maximum Gasteiger partial charge on any atom is 0.259 e. The van der Waals surface area contributed by atoms with Crippen molar-refractivity contribution in [2.24, 2.45) is 0 Å². The normalized spacial score (nSPS) is 20.1. The molecule has 3 N–H and O–H groups in total. The molecule has 8 nitrogen and oxygen atoms in total. The van der Waals surface area contributed by atoms with Crippen LogP contribution in [0.5, 0.6) is 17.2 Å². The number of nitrogens with one attached hydrogen (secondary N) is 1. The molecular formula is C28H27NO7. The van der Waals surface area contributed by atoms with Crippen LogP contribution >= 0.6 is 0 Å². The molecule has 1 aliphatic heterocycles. The number of hydrogen-bond acceptors (Lipinski definition) is 7. The molecule has 0 spiro atoms. The Morgan fingerprint density at radius 3 is 2.67 bits per heavy atom. The smallest absolute Gasteiger partial charge is 0.259 e. The van der Waals surface area contributed by atoms with Crippen LogP contribution in [0.1, 0.15) is 59.3 Å². The first-order valence-electron chi connectivity index (χ1n) is 11.9. The predicted octanol–water partition coefficient (Wildman–Crippen LogP) is 3.73. The summed E-state index contributed by atoms with van der Waals surface area (Å²) in [6.45, 7) is 2.96. The highest BCUT2D eigenvalue weighted by Gasteiger charge is 2.55. The molecule has 5 rings (SSSR count). The Labute approximate surface area is 208 Å². The standard InChI is InChI=1S/C28H27NO7/c1-14(30)22-18(31)12-21-28(2,26(22)33)24-19(32)11-20(35-3)23(25(24)36-21)27(34)29-13-16-9-6-8-15-7-4-5-10-17(15)16/h6,8-9,11-12,31-32H,4-5,7,10,13H2,1-3H3,(H,29,34)/t28-/m1/s1. The Morgan fingerprint density at radius 1 is 1.19 bits per heavy atom. The van der Waals surface area contributed by atoms with Crippen LogP contribution in [0.3, 0.4) is 0 Å². The van der Waals surface area contributed by atoms with Crippen molar-refractivity contribution in [1.29, 1.82) is 0 Å². The van der Waals surface area contributed by atoms with Crippen molar-refractivity contribution in [2.75, 3.05) is 7.11 Å². The zero-order valence-corrected chi connectivity index (χ0v) is 20.4. The molecule has 8 heteroatoms. The van der Waals surface area contributed by atoms with Crippen molar-refractivity contribution in [3.05, 3.63) is 75.3 Å². The minimum absolute atomic E-state index is 0.0136. The van der Waals surface area contributed by atoms with Gasteiger partial charge >= 0.3 is 0 Å². The Kier molecular flexibility index (Phi) is 5.62. The van der Waals surface area contributed by atoms with E-state index in [2.05, 4.69) is 11.4 Å². The quantitative estimate of drug-likeness (QED) is 0.547. The molecule has 186 valence electrons. The molecule has 0 saturated carbocycles. The number of carbonyl (C=O) groups is 3. The number of aliphatic hydroxyl groups excluding tert-OH is 1. The van der Waals surface area contributed by atoms with Crippen LogP contribution in [0.15, 0.2) is 47.4 Å². The third-order valence-electron chi connectivity index (χ3n) is 7.37. The molecular weight excluding hydrogens is 462 g/mol. The zero-order valence-electron chi connectivity index (χ0n) is 20.4. The van der Waals surface area contributed by atoms with E-state index in [1.54, 1.807) is 0 Å². The maximum atomic E-state index is 13.5. The molecule has 1 heterocycles. The van der Waals surface area contributed by atoms with Crippen LogP contribution in [-0.2, 0) is 34.4 Å². The van der Waals surface area contributed by atoms with Gasteiger partial charge in [0.2, 0.25) is 0 Å². The number of aliphatic hydroxyl groups is 1. The van der Waals surface area contributed by atoms with E-state index in [1.165, 1.54) is 44.2 Å². The summed E-state index contributed by atoms with van der Waals surface area (Å²) >= 11 is 0. The lowest BCUT2D eigenvalue weighted by Gasteiger charge is -2.27. The van der Waals surface area contributed by atoms with Gasteiger partial charge in [-0.15, -0.1) is 0 Å². The summed E-state index contributed by atoms with van der Waals surface area (Å²) in [4.78, 5) is 39.0. The SMILES string of the molecule is COc1cc(O)c2c(c1C(=O)NCc1cccc3c1CCCC3)OC1=CC(O)=C(C(C)=O)C(=O)[C@]12C. The van der Waals surface area contributed by atoms with Gasteiger partial charge in [0, 0.05) is 18.7 Å². The van der Waals surface area contributed by atoms with Gasteiger partial charge in [0.25, 0.3) is 5.91 Å². The molecule has 0 bridgehead atoms. The first kappa shape index (κ1) is 23.7. The molecule has 2 aliphatic carbocycles. The molecule has 1 atom stereocenters. The van der Waals surface area contributed by atoms with Crippen molar-refractivity contribution in [2.45, 2.75) is 51.5 Å². The number of aromatic hydroxyl groups is 1. The van der Waals surface area contributed by atoms with E-state index in [4.69, 9.17) is 9.47 Å². The highest BCUT2D eigenvalue weighted by molar-refractivity contribution is 6.25. The number of hydrogen-bond donors (Lipinski definition) is 3. The Bertz CT molecular complexity index is 1400. The van der Waals surface area contributed by atoms with Crippen molar-refractivity contribution < 1.29 is 34.1 Å². The fraction of sp³-hybridized carbons (Fsp3) is 0.321. The molecule has 2 aromatic rings. The van der Waals surface area contributed by atoms with Gasteiger partial charge < -0.3 is 25.0 Å². The highest BCUT2D eigenvalue weighted by atomic mass is 16.5. The van der Waals surface area contributed by atoms with Gasteiger partial charge in [-0.3, -0.25) is 14.4 Å². The second kappa shape index (κ2) is 8.55. The number of aryl methyl sites for hydroxylation is 1. The number of ether oxygens (including phenoxy) is 2. The first-order valence-corrected chi connectivity index (χ1v) is 11.9. The van der Waals surface area contributed by atoms with Crippen molar-refractivity contribution in [1.82, 2.24) is 5.32 Å². The molecule has 3 aliphatic rings. The lowest BCUT2D eigenvalue weighted by molar-refractivity contribution is -0.123. The first-order chi connectivity index (χ1) is 17.2. The summed E-state index contributed by atoms with van der Waals surface area (Å²) < 4.78 is 11.3. The van der Waals surface area contributed by atoms with Crippen molar-refractivity contribution >= 4 is 17.5 Å². The minimum atomic E-state index is -1.59. The minimum Gasteiger partial charge on any atom is -0.507 e. The number of amides is 1. The number of benzene rings is 2. The number of phenolic OH excluding ortho intramolecular Hbond substituents is 1. The average Bonchev–Trinajstić information content (AvgIpc) is 3.15. The van der Waals surface area contributed by atoms with Gasteiger partial charge in [0.05, 0.1) is 12.7 Å². The molecule has 0 fully saturated rings. The number of fused-ring (bicyclic) bond motifs is 4. The molecule has 1 amide bonds. The van der Waals surface area contributed by atoms with Gasteiger partial charge in [0.1, 0.15) is 39.6 Å². The maximum absolute atomic E-state index is 13.5. The number of carbonyl (C=O) groups excluding carboxylic acids is 3. The van der Waals surface area contributed by atoms with Crippen LogP contribution in [-0.4, -0.2) is 34.8 Å².